The van der Waals surface area contributed by atoms with Gasteiger partial charge in [0.1, 0.15) is 0 Å². The number of carbonyl (C=O) groups excluding carboxylic acids is 1. The summed E-state index contributed by atoms with van der Waals surface area (Å²) in [6.45, 7) is 1.02. The zero-order valence-electron chi connectivity index (χ0n) is 15.3. The number of thioether (sulfide) groups is 1. The molecule has 0 saturated heterocycles. The molecule has 0 spiro atoms. The van der Waals surface area contributed by atoms with Crippen LogP contribution in [0.1, 0.15) is 16.9 Å². The molecule has 0 amide bonds. The van der Waals surface area contributed by atoms with Gasteiger partial charge >= 0.3 is 0 Å². The number of aromatic amines is 1. The van der Waals surface area contributed by atoms with Crippen LogP contribution in [0.2, 0.25) is 0 Å². The maximum absolute atomic E-state index is 12.9. The molecule has 0 atom stereocenters. The number of rotatable bonds is 8. The quantitative estimate of drug-likeness (QED) is 0.279. The van der Waals surface area contributed by atoms with Gasteiger partial charge in [-0.3, -0.25) is 18.6 Å². The van der Waals surface area contributed by atoms with Gasteiger partial charge < -0.3 is 9.72 Å². The summed E-state index contributed by atoms with van der Waals surface area (Å²) in [6, 6.07) is 10.9. The molecule has 1 N–H and O–H groups in total. The van der Waals surface area contributed by atoms with E-state index in [-0.39, 0.29) is 17.1 Å². The molecule has 0 aliphatic rings. The van der Waals surface area contributed by atoms with E-state index in [1.54, 1.807) is 36.1 Å². The summed E-state index contributed by atoms with van der Waals surface area (Å²) in [5.74, 6) is 0.664. The van der Waals surface area contributed by atoms with Gasteiger partial charge in [-0.15, -0.1) is 10.2 Å². The molecule has 0 saturated carbocycles. The molecule has 3 aromatic heterocycles. The Morgan fingerprint density at radius 2 is 2.07 bits per heavy atom. The minimum absolute atomic E-state index is 0.0236. The predicted molar refractivity (Wildman–Crippen MR) is 107 cm³/mol. The fraction of sp³-hybridized carbons (Fsp3) is 0.263. The minimum atomic E-state index is -0.106. The molecule has 144 valence electrons. The second-order valence-corrected chi connectivity index (χ2v) is 7.18. The minimum Gasteiger partial charge on any atom is -0.385 e. The van der Waals surface area contributed by atoms with Crippen molar-refractivity contribution in [2.24, 2.45) is 0 Å². The van der Waals surface area contributed by atoms with Gasteiger partial charge in [0, 0.05) is 26.5 Å². The molecule has 1 aromatic carbocycles. The lowest BCUT2D eigenvalue weighted by atomic mass is 10.2. The topological polar surface area (TPSA) is 94.3 Å². The summed E-state index contributed by atoms with van der Waals surface area (Å²) in [6.07, 6.45) is 2.40. The first kappa shape index (κ1) is 18.5. The highest BCUT2D eigenvalue weighted by molar-refractivity contribution is 7.99. The van der Waals surface area contributed by atoms with Gasteiger partial charge in [-0.05, 0) is 30.7 Å². The van der Waals surface area contributed by atoms with E-state index in [0.29, 0.717) is 41.6 Å². The van der Waals surface area contributed by atoms with Crippen molar-refractivity contribution in [3.05, 3.63) is 58.6 Å². The average molecular weight is 397 g/mol. The molecule has 0 aliphatic heterocycles. The Morgan fingerprint density at radius 1 is 1.21 bits per heavy atom. The number of nitrogens with zero attached hydrogens (tertiary/aromatic N) is 4. The number of aromatic nitrogens is 5. The number of Topliss-reactive ketones (excluding diaryl/α,β-unsaturated/α-hetero) is 1. The molecule has 3 heterocycles. The molecular formula is C19H19N5O3S. The number of ether oxygens (including phenoxy) is 1. The smallest absolute Gasteiger partial charge is 0.262 e. The zero-order valence-corrected chi connectivity index (χ0v) is 16.1. The largest absolute Gasteiger partial charge is 0.385 e. The van der Waals surface area contributed by atoms with Crippen molar-refractivity contribution < 1.29 is 9.53 Å². The Morgan fingerprint density at radius 3 is 2.86 bits per heavy atom. The van der Waals surface area contributed by atoms with E-state index in [1.165, 1.54) is 11.8 Å². The maximum atomic E-state index is 12.9. The molecule has 0 radical (unpaired) electrons. The van der Waals surface area contributed by atoms with Crippen molar-refractivity contribution in [1.82, 2.24) is 24.1 Å². The van der Waals surface area contributed by atoms with Crippen molar-refractivity contribution in [2.75, 3.05) is 19.5 Å². The molecule has 8 nitrogen and oxygen atoms in total. The molecule has 4 rings (SSSR count). The third kappa shape index (κ3) is 3.34. The number of aryl methyl sites for hydroxylation is 1. The van der Waals surface area contributed by atoms with E-state index in [9.17, 15) is 9.59 Å². The molecule has 28 heavy (non-hydrogen) atoms. The second kappa shape index (κ2) is 7.99. The highest BCUT2D eigenvalue weighted by atomic mass is 32.2. The Labute approximate surface area is 164 Å². The number of hydrogen-bond acceptors (Lipinski definition) is 6. The molecule has 0 fully saturated rings. The maximum Gasteiger partial charge on any atom is 0.262 e. The summed E-state index contributed by atoms with van der Waals surface area (Å²) < 4.78 is 8.57. The first-order valence-electron chi connectivity index (χ1n) is 8.85. The predicted octanol–water partition coefficient (Wildman–Crippen LogP) is 2.38. The number of nitrogens with one attached hydrogen (secondary N) is 1. The van der Waals surface area contributed by atoms with Crippen LogP contribution < -0.4 is 5.56 Å². The fourth-order valence-electron chi connectivity index (χ4n) is 3.11. The van der Waals surface area contributed by atoms with Crippen LogP contribution in [0.5, 0.6) is 0 Å². The third-order valence-electron chi connectivity index (χ3n) is 4.44. The monoisotopic (exact) mass is 397 g/mol. The van der Waals surface area contributed by atoms with Crippen LogP contribution in [0.15, 0.2) is 52.5 Å². The Bertz CT molecular complexity index is 1180. The van der Waals surface area contributed by atoms with Crippen LogP contribution in [0.25, 0.3) is 16.7 Å². The van der Waals surface area contributed by atoms with Gasteiger partial charge in [-0.1, -0.05) is 23.9 Å². The average Bonchev–Trinajstić information content (AvgIpc) is 3.39. The van der Waals surface area contributed by atoms with Gasteiger partial charge in [0.05, 0.1) is 22.3 Å². The lowest BCUT2D eigenvalue weighted by Gasteiger charge is -2.11. The van der Waals surface area contributed by atoms with Crippen molar-refractivity contribution in [1.29, 1.82) is 0 Å². The number of benzene rings is 1. The van der Waals surface area contributed by atoms with Crippen LogP contribution in [0, 0.1) is 0 Å². The number of carbonyl (C=O) groups is 1. The number of fused-ring (bicyclic) bond motifs is 3. The lowest BCUT2D eigenvalue weighted by molar-refractivity contribution is 0.101. The molecule has 0 bridgehead atoms. The number of ketones is 1. The SMILES string of the molecule is COCCCn1c(=O)c2ccccc2n2c(SCC(=O)c3ccc[nH]3)nnc12. The summed E-state index contributed by atoms with van der Waals surface area (Å²) >= 11 is 1.30. The van der Waals surface area contributed by atoms with Gasteiger partial charge in [0.25, 0.3) is 5.56 Å². The van der Waals surface area contributed by atoms with Crippen molar-refractivity contribution in [3.8, 4) is 0 Å². The molecule has 9 heteroatoms. The van der Waals surface area contributed by atoms with E-state index < -0.39 is 0 Å². The van der Waals surface area contributed by atoms with Gasteiger partial charge in [-0.2, -0.15) is 0 Å². The van der Waals surface area contributed by atoms with E-state index in [4.69, 9.17) is 4.74 Å². The summed E-state index contributed by atoms with van der Waals surface area (Å²) in [5.41, 5.74) is 1.18. The Kier molecular flexibility index (Phi) is 5.27. The molecular weight excluding hydrogens is 378 g/mol. The number of hydrogen-bond donors (Lipinski definition) is 1. The molecule has 0 aliphatic carbocycles. The van der Waals surface area contributed by atoms with Crippen LogP contribution in [-0.2, 0) is 11.3 Å². The molecule has 0 unspecified atom stereocenters. The van der Waals surface area contributed by atoms with Crippen LogP contribution in [-0.4, -0.2) is 49.4 Å². The Hall–Kier alpha value is -2.91. The fourth-order valence-corrected chi connectivity index (χ4v) is 3.93. The van der Waals surface area contributed by atoms with E-state index in [2.05, 4.69) is 15.2 Å². The summed E-state index contributed by atoms with van der Waals surface area (Å²) in [5, 5.41) is 9.66. The van der Waals surface area contributed by atoms with Crippen molar-refractivity contribution in [2.45, 2.75) is 18.1 Å². The number of methoxy groups -OCH3 is 1. The third-order valence-corrected chi connectivity index (χ3v) is 5.37. The first-order chi connectivity index (χ1) is 13.7. The number of para-hydroxylation sites is 1. The Balaban J connectivity index is 1.76. The summed E-state index contributed by atoms with van der Waals surface area (Å²) in [7, 11) is 1.63. The van der Waals surface area contributed by atoms with Crippen molar-refractivity contribution >= 4 is 34.2 Å². The van der Waals surface area contributed by atoms with Crippen LogP contribution >= 0.6 is 11.8 Å². The first-order valence-corrected chi connectivity index (χ1v) is 9.84. The number of H-pyrrole nitrogens is 1. The van der Waals surface area contributed by atoms with Gasteiger partial charge in [-0.25, -0.2) is 0 Å². The second-order valence-electron chi connectivity index (χ2n) is 6.23. The standard InChI is InChI=1S/C19H19N5O3S/c1-27-11-5-10-23-17(26)13-6-2-3-8-15(13)24-18(23)21-22-19(24)28-12-16(25)14-7-4-9-20-14/h2-4,6-9,20H,5,10-12H2,1H3. The highest BCUT2D eigenvalue weighted by Gasteiger charge is 2.18. The van der Waals surface area contributed by atoms with E-state index >= 15 is 0 Å². The summed E-state index contributed by atoms with van der Waals surface area (Å²) in [4.78, 5) is 28.2. The van der Waals surface area contributed by atoms with E-state index in [1.807, 2.05) is 22.6 Å². The normalized spacial score (nSPS) is 11.5. The van der Waals surface area contributed by atoms with Gasteiger partial charge in [0.15, 0.2) is 10.9 Å². The zero-order chi connectivity index (χ0) is 19.5. The van der Waals surface area contributed by atoms with Crippen molar-refractivity contribution in [3.63, 3.8) is 0 Å². The highest BCUT2D eigenvalue weighted by Crippen LogP contribution is 2.22. The van der Waals surface area contributed by atoms with Crippen LogP contribution in [0.3, 0.4) is 0 Å². The van der Waals surface area contributed by atoms with Gasteiger partial charge in [0.2, 0.25) is 5.78 Å². The lowest BCUT2D eigenvalue weighted by Crippen LogP contribution is -2.24. The van der Waals surface area contributed by atoms with E-state index in [0.717, 1.165) is 5.52 Å². The molecule has 4 aromatic rings. The van der Waals surface area contributed by atoms with Crippen LogP contribution in [0.4, 0.5) is 0 Å².